The van der Waals surface area contributed by atoms with Gasteiger partial charge in [0.2, 0.25) is 0 Å². The van der Waals surface area contributed by atoms with Crippen LogP contribution in [0.4, 0.5) is 0 Å². The summed E-state index contributed by atoms with van der Waals surface area (Å²) in [5.41, 5.74) is 1.77. The average Bonchev–Trinajstić information content (AvgIpc) is 2.73. The third-order valence-corrected chi connectivity index (χ3v) is 4.20. The van der Waals surface area contributed by atoms with Crippen molar-refractivity contribution in [2.24, 2.45) is 0 Å². The molecular formula is C21H22O7. The first-order valence-corrected chi connectivity index (χ1v) is 8.59. The summed E-state index contributed by atoms with van der Waals surface area (Å²) in [6.07, 6.45) is 2.95. The predicted octanol–water partition coefficient (Wildman–Crippen LogP) is 2.97. The van der Waals surface area contributed by atoms with Gasteiger partial charge in [-0.2, -0.15) is 0 Å². The molecule has 0 saturated heterocycles. The highest BCUT2D eigenvalue weighted by molar-refractivity contribution is 6.07. The summed E-state index contributed by atoms with van der Waals surface area (Å²) in [6.45, 7) is 2.00. The minimum absolute atomic E-state index is 0.118. The molecule has 2 rings (SSSR count). The first kappa shape index (κ1) is 21.0. The molecule has 0 bridgehead atoms. The van der Waals surface area contributed by atoms with E-state index in [-0.39, 0.29) is 6.42 Å². The molecule has 0 aliphatic carbocycles. The number of hydrogen-bond donors (Lipinski definition) is 0. The van der Waals surface area contributed by atoms with Gasteiger partial charge in [0.1, 0.15) is 5.75 Å². The fourth-order valence-corrected chi connectivity index (χ4v) is 2.73. The van der Waals surface area contributed by atoms with Crippen LogP contribution in [0.15, 0.2) is 36.6 Å². The number of methoxy groups -OCH3 is 3. The Labute approximate surface area is 162 Å². The second-order valence-electron chi connectivity index (χ2n) is 5.83. The molecule has 7 nitrogen and oxygen atoms in total. The van der Waals surface area contributed by atoms with Gasteiger partial charge < -0.3 is 18.9 Å². The maximum absolute atomic E-state index is 12.3. The van der Waals surface area contributed by atoms with Gasteiger partial charge in [-0.1, -0.05) is 25.1 Å². The van der Waals surface area contributed by atoms with Gasteiger partial charge in [0.25, 0.3) is 0 Å². The summed E-state index contributed by atoms with van der Waals surface area (Å²) < 4.78 is 19.9. The van der Waals surface area contributed by atoms with Gasteiger partial charge in [0.05, 0.1) is 45.7 Å². The van der Waals surface area contributed by atoms with Crippen LogP contribution in [0.3, 0.4) is 0 Å². The zero-order valence-electron chi connectivity index (χ0n) is 16.2. The fourth-order valence-electron chi connectivity index (χ4n) is 2.73. The number of rotatable bonds is 7. The number of carbonyl (C=O) groups is 3. The zero-order valence-corrected chi connectivity index (χ0v) is 16.2. The van der Waals surface area contributed by atoms with Crippen molar-refractivity contribution in [2.45, 2.75) is 19.8 Å². The fraction of sp³-hybridized carbons (Fsp3) is 0.286. The van der Waals surface area contributed by atoms with E-state index in [0.29, 0.717) is 27.6 Å². The summed E-state index contributed by atoms with van der Waals surface area (Å²) in [4.78, 5) is 35.5. The van der Waals surface area contributed by atoms with Crippen molar-refractivity contribution in [1.82, 2.24) is 0 Å². The molecule has 0 saturated carbocycles. The lowest BCUT2D eigenvalue weighted by Gasteiger charge is -2.15. The first-order chi connectivity index (χ1) is 13.4. The Bertz CT molecular complexity index is 928. The summed E-state index contributed by atoms with van der Waals surface area (Å²) >= 11 is 0. The number of aryl methyl sites for hydroxylation is 1. The molecule has 148 valence electrons. The van der Waals surface area contributed by atoms with Crippen molar-refractivity contribution in [3.05, 3.63) is 53.3 Å². The van der Waals surface area contributed by atoms with Crippen LogP contribution in [0, 0.1) is 0 Å². The van der Waals surface area contributed by atoms with Gasteiger partial charge in [0.15, 0.2) is 0 Å². The molecule has 0 unspecified atom stereocenters. The van der Waals surface area contributed by atoms with E-state index in [1.165, 1.54) is 27.6 Å². The van der Waals surface area contributed by atoms with E-state index < -0.39 is 17.9 Å². The van der Waals surface area contributed by atoms with Gasteiger partial charge in [-0.3, -0.25) is 4.79 Å². The zero-order chi connectivity index (χ0) is 20.7. The molecule has 0 atom stereocenters. The number of esters is 3. The largest absolute Gasteiger partial charge is 0.469 e. The quantitative estimate of drug-likeness (QED) is 0.313. The van der Waals surface area contributed by atoms with E-state index in [9.17, 15) is 14.4 Å². The SMILES string of the molecule is CCc1ccc2c(O/C=C/C(=O)OC)c(CC(=O)OC)cc(C(=O)OC)c2c1. The Morgan fingerprint density at radius 1 is 0.964 bits per heavy atom. The molecule has 0 aromatic heterocycles. The summed E-state index contributed by atoms with van der Waals surface area (Å²) in [5.74, 6) is -1.27. The lowest BCUT2D eigenvalue weighted by Crippen LogP contribution is -2.10. The third kappa shape index (κ3) is 4.68. The van der Waals surface area contributed by atoms with Crippen LogP contribution in [0.2, 0.25) is 0 Å². The maximum atomic E-state index is 12.3. The Kier molecular flexibility index (Phi) is 7.14. The van der Waals surface area contributed by atoms with Crippen molar-refractivity contribution in [3.8, 4) is 5.75 Å². The van der Waals surface area contributed by atoms with Crippen molar-refractivity contribution >= 4 is 28.7 Å². The minimum Gasteiger partial charge on any atom is -0.469 e. The van der Waals surface area contributed by atoms with Crippen molar-refractivity contribution in [2.75, 3.05) is 21.3 Å². The first-order valence-electron chi connectivity index (χ1n) is 8.59. The normalized spacial score (nSPS) is 10.7. The van der Waals surface area contributed by atoms with Crippen LogP contribution in [-0.4, -0.2) is 39.2 Å². The molecule has 0 fully saturated rings. The van der Waals surface area contributed by atoms with E-state index in [4.69, 9.17) is 14.2 Å². The summed E-state index contributed by atoms with van der Waals surface area (Å²) in [7, 11) is 3.82. The van der Waals surface area contributed by atoms with Crippen molar-refractivity contribution in [1.29, 1.82) is 0 Å². The van der Waals surface area contributed by atoms with Crippen LogP contribution in [0.25, 0.3) is 10.8 Å². The highest BCUT2D eigenvalue weighted by Crippen LogP contribution is 2.35. The highest BCUT2D eigenvalue weighted by atomic mass is 16.5. The van der Waals surface area contributed by atoms with E-state index >= 15 is 0 Å². The number of ether oxygens (including phenoxy) is 4. The summed E-state index contributed by atoms with van der Waals surface area (Å²) in [6, 6.07) is 7.14. The molecule has 2 aromatic carbocycles. The molecular weight excluding hydrogens is 364 g/mol. The monoisotopic (exact) mass is 386 g/mol. The smallest absolute Gasteiger partial charge is 0.338 e. The maximum Gasteiger partial charge on any atom is 0.338 e. The molecule has 0 heterocycles. The lowest BCUT2D eigenvalue weighted by molar-refractivity contribution is -0.140. The van der Waals surface area contributed by atoms with Crippen molar-refractivity contribution in [3.63, 3.8) is 0 Å². The van der Waals surface area contributed by atoms with Crippen LogP contribution >= 0.6 is 0 Å². The molecule has 0 radical (unpaired) electrons. The van der Waals surface area contributed by atoms with Gasteiger partial charge in [-0.05, 0) is 18.1 Å². The topological polar surface area (TPSA) is 88.1 Å². The number of carbonyl (C=O) groups excluding carboxylic acids is 3. The van der Waals surface area contributed by atoms with Crippen LogP contribution in [-0.2, 0) is 36.6 Å². The molecule has 0 aliphatic heterocycles. The van der Waals surface area contributed by atoms with Crippen LogP contribution in [0.5, 0.6) is 5.75 Å². The number of benzene rings is 2. The van der Waals surface area contributed by atoms with Crippen molar-refractivity contribution < 1.29 is 33.3 Å². The predicted molar refractivity (Wildman–Crippen MR) is 102 cm³/mol. The lowest BCUT2D eigenvalue weighted by atomic mass is 9.95. The van der Waals surface area contributed by atoms with Gasteiger partial charge in [0, 0.05) is 16.3 Å². The molecule has 2 aromatic rings. The van der Waals surface area contributed by atoms with Crippen LogP contribution in [0.1, 0.15) is 28.4 Å². The Morgan fingerprint density at radius 3 is 2.32 bits per heavy atom. The molecule has 28 heavy (non-hydrogen) atoms. The van der Waals surface area contributed by atoms with E-state index in [2.05, 4.69) is 4.74 Å². The second kappa shape index (κ2) is 9.55. The van der Waals surface area contributed by atoms with Gasteiger partial charge in [-0.15, -0.1) is 0 Å². The number of hydrogen-bond acceptors (Lipinski definition) is 7. The Morgan fingerprint density at radius 2 is 1.71 bits per heavy atom. The molecule has 7 heteroatoms. The van der Waals surface area contributed by atoms with E-state index in [1.807, 2.05) is 25.1 Å². The highest BCUT2D eigenvalue weighted by Gasteiger charge is 2.20. The molecule has 0 spiro atoms. The number of fused-ring (bicyclic) bond motifs is 1. The molecule has 0 aliphatic rings. The van der Waals surface area contributed by atoms with Gasteiger partial charge in [-0.25, -0.2) is 9.59 Å². The minimum atomic E-state index is -0.585. The second-order valence-corrected chi connectivity index (χ2v) is 5.83. The summed E-state index contributed by atoms with van der Waals surface area (Å²) in [5, 5.41) is 1.23. The molecule has 0 amide bonds. The van der Waals surface area contributed by atoms with Gasteiger partial charge >= 0.3 is 17.9 Å². The van der Waals surface area contributed by atoms with E-state index in [1.54, 1.807) is 6.07 Å². The average molecular weight is 386 g/mol. The van der Waals surface area contributed by atoms with Crippen LogP contribution < -0.4 is 4.74 Å². The standard InChI is InChI=1S/C21H22O7/c1-5-13-6-7-15-16(10-13)17(21(24)27-4)11-14(12-19(23)26-3)20(15)28-9-8-18(22)25-2/h6-11H,5,12H2,1-4H3/b9-8+. The molecule has 0 N–H and O–H groups in total. The Hall–Kier alpha value is -3.35. The van der Waals surface area contributed by atoms with E-state index in [0.717, 1.165) is 18.1 Å². The Balaban J connectivity index is 2.71. The third-order valence-electron chi connectivity index (χ3n) is 4.20.